The molecule has 0 aliphatic rings. The molecule has 2 nitrogen and oxygen atoms in total. The van der Waals surface area contributed by atoms with E-state index in [-0.39, 0.29) is 11.5 Å². The maximum Gasteiger partial charge on any atom is 0.176 e. The minimum atomic E-state index is -0.174. The smallest absolute Gasteiger partial charge is 0.176 e. The fraction of sp³-hybridized carbons (Fsp3) is 0.625. The molecule has 0 unspecified atom stereocenters. The molecule has 1 aromatic rings. The third kappa shape index (κ3) is 4.61. The monoisotopic (exact) mass is 284 g/mol. The largest absolute Gasteiger partial charge is 0.504 e. The molecule has 0 bridgehead atoms. The highest BCUT2D eigenvalue weighted by Crippen LogP contribution is 2.39. The summed E-state index contributed by atoms with van der Waals surface area (Å²) in [7, 11) is 0. The Bertz CT molecular complexity index is 402. The molecule has 0 heterocycles. The molecule has 0 spiro atoms. The standard InChI is InChI=1S/C16H25ClO2/c1-3-5-7-9-12-11-14(18)16(19)15(17)13(12)10-8-6-4-2/h11,18-19H,3-10H2,1-2H3. The number of benzene rings is 1. The predicted molar refractivity (Wildman–Crippen MR) is 81.2 cm³/mol. The molecule has 0 aliphatic carbocycles. The van der Waals surface area contributed by atoms with E-state index in [4.69, 9.17) is 11.6 Å². The molecule has 2 N–H and O–H groups in total. The number of halogens is 1. The maximum absolute atomic E-state index is 9.76. The highest BCUT2D eigenvalue weighted by molar-refractivity contribution is 6.33. The molecule has 0 saturated carbocycles. The van der Waals surface area contributed by atoms with Crippen LogP contribution in [0.5, 0.6) is 11.5 Å². The summed E-state index contributed by atoms with van der Waals surface area (Å²) in [5.74, 6) is -0.275. The Morgan fingerprint density at radius 2 is 1.53 bits per heavy atom. The Hall–Kier alpha value is -0.890. The van der Waals surface area contributed by atoms with E-state index in [0.29, 0.717) is 5.02 Å². The second kappa shape index (κ2) is 8.31. The van der Waals surface area contributed by atoms with E-state index in [0.717, 1.165) is 49.7 Å². The number of hydrogen-bond donors (Lipinski definition) is 2. The van der Waals surface area contributed by atoms with Gasteiger partial charge in [0.05, 0.1) is 5.02 Å². The molecule has 1 aromatic carbocycles. The van der Waals surface area contributed by atoms with Crippen LogP contribution in [0.25, 0.3) is 0 Å². The van der Waals surface area contributed by atoms with Gasteiger partial charge in [-0.3, -0.25) is 0 Å². The van der Waals surface area contributed by atoms with Crippen LogP contribution in [0, 0.1) is 0 Å². The van der Waals surface area contributed by atoms with Gasteiger partial charge in [0.15, 0.2) is 11.5 Å². The van der Waals surface area contributed by atoms with E-state index in [9.17, 15) is 10.2 Å². The molecule has 3 heteroatoms. The summed E-state index contributed by atoms with van der Waals surface area (Å²) >= 11 is 6.19. The summed E-state index contributed by atoms with van der Waals surface area (Å²) in [6.45, 7) is 4.33. The zero-order valence-electron chi connectivity index (χ0n) is 12.0. The molecule has 0 aromatic heterocycles. The van der Waals surface area contributed by atoms with Gasteiger partial charge >= 0.3 is 0 Å². The quantitative estimate of drug-likeness (QED) is 0.508. The Morgan fingerprint density at radius 3 is 2.11 bits per heavy atom. The van der Waals surface area contributed by atoms with Crippen LogP contribution in [0.2, 0.25) is 5.02 Å². The number of aromatic hydroxyl groups is 2. The van der Waals surface area contributed by atoms with E-state index >= 15 is 0 Å². The Balaban J connectivity index is 2.90. The maximum atomic E-state index is 9.76. The molecule has 108 valence electrons. The summed E-state index contributed by atoms with van der Waals surface area (Å²) in [5.41, 5.74) is 2.10. The summed E-state index contributed by atoms with van der Waals surface area (Å²) in [5, 5.41) is 19.8. The molecular formula is C16H25ClO2. The van der Waals surface area contributed by atoms with Crippen molar-refractivity contribution >= 4 is 11.6 Å². The van der Waals surface area contributed by atoms with Gasteiger partial charge in [-0.1, -0.05) is 51.1 Å². The number of phenolic OH excluding ortho intramolecular Hbond substituents is 2. The van der Waals surface area contributed by atoms with Crippen molar-refractivity contribution in [2.45, 2.75) is 65.2 Å². The molecule has 0 amide bonds. The van der Waals surface area contributed by atoms with E-state index in [1.54, 1.807) is 6.07 Å². The topological polar surface area (TPSA) is 40.5 Å². The number of rotatable bonds is 8. The van der Waals surface area contributed by atoms with Gasteiger partial charge in [0, 0.05) is 0 Å². The Morgan fingerprint density at radius 1 is 0.947 bits per heavy atom. The molecule has 0 saturated heterocycles. The van der Waals surface area contributed by atoms with E-state index in [1.807, 2.05) is 0 Å². The summed E-state index contributed by atoms with van der Waals surface area (Å²) in [6.07, 6.45) is 8.62. The molecule has 0 radical (unpaired) electrons. The minimum absolute atomic E-state index is 0.101. The van der Waals surface area contributed by atoms with E-state index < -0.39 is 0 Å². The fourth-order valence-corrected chi connectivity index (χ4v) is 2.64. The van der Waals surface area contributed by atoms with Gasteiger partial charge in [-0.05, 0) is 42.9 Å². The van der Waals surface area contributed by atoms with E-state index in [2.05, 4.69) is 13.8 Å². The summed E-state index contributed by atoms with van der Waals surface area (Å²) in [6, 6.07) is 1.68. The van der Waals surface area contributed by atoms with Crippen LogP contribution in [0.3, 0.4) is 0 Å². The van der Waals surface area contributed by atoms with E-state index in [1.165, 1.54) is 12.8 Å². The van der Waals surface area contributed by atoms with Crippen molar-refractivity contribution in [1.29, 1.82) is 0 Å². The zero-order valence-corrected chi connectivity index (χ0v) is 12.8. The second-order valence-electron chi connectivity index (χ2n) is 5.11. The molecule has 0 atom stereocenters. The van der Waals surface area contributed by atoms with Crippen LogP contribution in [0.1, 0.15) is 63.5 Å². The van der Waals surface area contributed by atoms with Crippen molar-refractivity contribution in [2.75, 3.05) is 0 Å². The fourth-order valence-electron chi connectivity index (χ4n) is 2.33. The predicted octanol–water partition coefficient (Wildman–Crippen LogP) is 5.22. The van der Waals surface area contributed by atoms with Crippen molar-refractivity contribution in [3.05, 3.63) is 22.2 Å². The summed E-state index contributed by atoms with van der Waals surface area (Å²) < 4.78 is 0. The SMILES string of the molecule is CCCCCc1cc(O)c(O)c(Cl)c1CCCCC. The van der Waals surface area contributed by atoms with Crippen LogP contribution in [0.15, 0.2) is 6.07 Å². The van der Waals surface area contributed by atoms with Crippen LogP contribution in [-0.2, 0) is 12.8 Å². The first-order chi connectivity index (χ1) is 9.11. The van der Waals surface area contributed by atoms with Gasteiger partial charge in [-0.25, -0.2) is 0 Å². The first-order valence-corrected chi connectivity index (χ1v) is 7.71. The lowest BCUT2D eigenvalue weighted by Gasteiger charge is -2.14. The lowest BCUT2D eigenvalue weighted by atomic mass is 9.96. The molecule has 0 aliphatic heterocycles. The van der Waals surface area contributed by atoms with Crippen molar-refractivity contribution < 1.29 is 10.2 Å². The normalized spacial score (nSPS) is 10.9. The molecular weight excluding hydrogens is 260 g/mol. The van der Waals surface area contributed by atoms with Crippen molar-refractivity contribution in [1.82, 2.24) is 0 Å². The number of hydrogen-bond acceptors (Lipinski definition) is 2. The van der Waals surface area contributed by atoms with Crippen molar-refractivity contribution in [3.8, 4) is 11.5 Å². The third-order valence-electron chi connectivity index (χ3n) is 3.49. The number of aryl methyl sites for hydroxylation is 1. The lowest BCUT2D eigenvalue weighted by Crippen LogP contribution is -1.97. The van der Waals surface area contributed by atoms with Crippen molar-refractivity contribution in [2.24, 2.45) is 0 Å². The average Bonchev–Trinajstić information content (AvgIpc) is 2.40. The van der Waals surface area contributed by atoms with Crippen molar-refractivity contribution in [3.63, 3.8) is 0 Å². The van der Waals surface area contributed by atoms with Crippen LogP contribution >= 0.6 is 11.6 Å². The Labute approximate surface area is 121 Å². The van der Waals surface area contributed by atoms with Gasteiger partial charge in [-0.2, -0.15) is 0 Å². The van der Waals surface area contributed by atoms with Gasteiger partial charge in [0.25, 0.3) is 0 Å². The molecule has 19 heavy (non-hydrogen) atoms. The van der Waals surface area contributed by atoms with Gasteiger partial charge < -0.3 is 10.2 Å². The summed E-state index contributed by atoms with van der Waals surface area (Å²) in [4.78, 5) is 0. The third-order valence-corrected chi connectivity index (χ3v) is 3.90. The van der Waals surface area contributed by atoms with Gasteiger partial charge in [-0.15, -0.1) is 0 Å². The molecule has 0 fully saturated rings. The zero-order chi connectivity index (χ0) is 14.3. The average molecular weight is 285 g/mol. The Kier molecular flexibility index (Phi) is 7.07. The highest BCUT2D eigenvalue weighted by atomic mass is 35.5. The lowest BCUT2D eigenvalue weighted by molar-refractivity contribution is 0.402. The van der Waals surface area contributed by atoms with Crippen LogP contribution in [0.4, 0.5) is 0 Å². The van der Waals surface area contributed by atoms with Gasteiger partial charge in [0.1, 0.15) is 0 Å². The van der Waals surface area contributed by atoms with Crippen LogP contribution in [-0.4, -0.2) is 10.2 Å². The minimum Gasteiger partial charge on any atom is -0.504 e. The first-order valence-electron chi connectivity index (χ1n) is 7.33. The van der Waals surface area contributed by atoms with Gasteiger partial charge in [0.2, 0.25) is 0 Å². The number of phenols is 2. The molecule has 1 rings (SSSR count). The highest BCUT2D eigenvalue weighted by Gasteiger charge is 2.15. The van der Waals surface area contributed by atoms with Crippen LogP contribution < -0.4 is 0 Å². The number of unbranched alkanes of at least 4 members (excludes halogenated alkanes) is 4. The second-order valence-corrected chi connectivity index (χ2v) is 5.49. The first kappa shape index (κ1) is 16.2.